The van der Waals surface area contributed by atoms with Crippen LogP contribution in [0.2, 0.25) is 5.02 Å². The summed E-state index contributed by atoms with van der Waals surface area (Å²) in [4.78, 5) is 7.96. The average molecular weight is 392 g/mol. The van der Waals surface area contributed by atoms with E-state index in [1.54, 1.807) is 20.0 Å². The summed E-state index contributed by atoms with van der Waals surface area (Å²) in [5, 5.41) is 2.99. The lowest BCUT2D eigenvalue weighted by Crippen LogP contribution is -2.15. The highest BCUT2D eigenvalue weighted by molar-refractivity contribution is 9.10. The molecule has 0 aliphatic heterocycles. The molecule has 0 bridgehead atoms. The highest BCUT2D eigenvalue weighted by atomic mass is 79.9. The van der Waals surface area contributed by atoms with Gasteiger partial charge in [0.05, 0.1) is 5.02 Å². The number of rotatable bonds is 4. The fraction of sp³-hybridized carbons (Fsp3) is 0.167. The molecule has 2 heterocycles. The predicted molar refractivity (Wildman–Crippen MR) is 86.3 cm³/mol. The Morgan fingerprint density at radius 2 is 1.86 bits per heavy atom. The van der Waals surface area contributed by atoms with Crippen molar-refractivity contribution >= 4 is 49.2 Å². The molecule has 0 saturated carbocycles. The molecule has 0 saturated heterocycles. The van der Waals surface area contributed by atoms with Crippen LogP contribution in [0.4, 0.5) is 11.6 Å². The number of nitrogens with one attached hydrogen (secondary N) is 2. The minimum Gasteiger partial charge on any atom is -0.372 e. The second-order valence-electron chi connectivity index (χ2n) is 4.18. The fourth-order valence-electron chi connectivity index (χ4n) is 1.58. The molecule has 0 aliphatic rings. The maximum atomic E-state index is 12.3. The zero-order valence-corrected chi connectivity index (χ0v) is 14.3. The molecule has 2 aromatic rings. The van der Waals surface area contributed by atoms with Crippen molar-refractivity contribution in [3.8, 4) is 0 Å². The van der Waals surface area contributed by atoms with E-state index in [0.717, 1.165) is 4.47 Å². The molecule has 2 aromatic heterocycles. The van der Waals surface area contributed by atoms with E-state index >= 15 is 0 Å². The van der Waals surface area contributed by atoms with Gasteiger partial charge in [-0.05, 0) is 40.5 Å². The molecular weight excluding hydrogens is 380 g/mol. The van der Waals surface area contributed by atoms with Crippen molar-refractivity contribution in [2.75, 3.05) is 17.1 Å². The van der Waals surface area contributed by atoms with Crippen LogP contribution < -0.4 is 10.0 Å². The Balaban J connectivity index is 2.36. The fourth-order valence-corrected chi connectivity index (χ4v) is 3.41. The van der Waals surface area contributed by atoms with E-state index in [1.807, 2.05) is 0 Å². The number of hydrogen-bond acceptors (Lipinski definition) is 5. The van der Waals surface area contributed by atoms with E-state index in [9.17, 15) is 8.42 Å². The Morgan fingerprint density at radius 3 is 2.43 bits per heavy atom. The topological polar surface area (TPSA) is 84.0 Å². The van der Waals surface area contributed by atoms with Gasteiger partial charge in [0, 0.05) is 23.9 Å². The van der Waals surface area contributed by atoms with Gasteiger partial charge in [-0.15, -0.1) is 0 Å². The molecule has 0 atom stereocenters. The van der Waals surface area contributed by atoms with Gasteiger partial charge in [-0.1, -0.05) is 11.6 Å². The molecular formula is C12H12BrClN4O2S. The van der Waals surface area contributed by atoms with Crippen LogP contribution in [0.3, 0.4) is 0 Å². The zero-order chi connectivity index (χ0) is 15.6. The summed E-state index contributed by atoms with van der Waals surface area (Å²) in [6, 6.07) is 3.09. The average Bonchev–Trinajstić information content (AvgIpc) is 2.42. The summed E-state index contributed by atoms with van der Waals surface area (Å²) < 4.78 is 27.8. The first-order chi connectivity index (χ1) is 9.83. The normalized spacial score (nSPS) is 11.2. The lowest BCUT2D eigenvalue weighted by molar-refractivity contribution is 0.600. The SMILES string of the molecule is CNc1ncc(S(=O)(=O)Nc2ncc(Br)cc2C)cc1Cl. The van der Waals surface area contributed by atoms with Crippen molar-refractivity contribution in [3.05, 3.63) is 39.6 Å². The highest BCUT2D eigenvalue weighted by Crippen LogP contribution is 2.24. The van der Waals surface area contributed by atoms with E-state index in [1.165, 1.54) is 18.5 Å². The number of sulfonamides is 1. The minimum atomic E-state index is -3.80. The van der Waals surface area contributed by atoms with Gasteiger partial charge in [-0.25, -0.2) is 18.4 Å². The van der Waals surface area contributed by atoms with Gasteiger partial charge in [0.15, 0.2) is 0 Å². The maximum absolute atomic E-state index is 12.3. The third-order valence-corrected chi connectivity index (χ3v) is 4.67. The van der Waals surface area contributed by atoms with Crippen LogP contribution in [0.5, 0.6) is 0 Å². The molecule has 9 heteroatoms. The molecule has 0 unspecified atom stereocenters. The van der Waals surface area contributed by atoms with E-state index < -0.39 is 10.0 Å². The van der Waals surface area contributed by atoms with E-state index in [4.69, 9.17) is 11.6 Å². The number of anilines is 2. The summed E-state index contributed by atoms with van der Waals surface area (Å²) in [7, 11) is -2.15. The van der Waals surface area contributed by atoms with Crippen LogP contribution in [-0.2, 0) is 10.0 Å². The zero-order valence-electron chi connectivity index (χ0n) is 11.2. The van der Waals surface area contributed by atoms with Crippen molar-refractivity contribution in [2.45, 2.75) is 11.8 Å². The van der Waals surface area contributed by atoms with Gasteiger partial charge < -0.3 is 5.32 Å². The largest absolute Gasteiger partial charge is 0.372 e. The Hall–Kier alpha value is -1.38. The molecule has 2 N–H and O–H groups in total. The van der Waals surface area contributed by atoms with Gasteiger partial charge in [0.2, 0.25) is 0 Å². The number of halogens is 2. The molecule has 21 heavy (non-hydrogen) atoms. The summed E-state index contributed by atoms with van der Waals surface area (Å²) in [5.41, 5.74) is 0.693. The van der Waals surface area contributed by atoms with E-state index in [2.05, 4.69) is 35.9 Å². The van der Waals surface area contributed by atoms with Crippen LogP contribution in [0.1, 0.15) is 5.56 Å². The second-order valence-corrected chi connectivity index (χ2v) is 7.18. The lowest BCUT2D eigenvalue weighted by atomic mass is 10.3. The van der Waals surface area contributed by atoms with Crippen molar-refractivity contribution in [3.63, 3.8) is 0 Å². The van der Waals surface area contributed by atoms with Gasteiger partial charge in [-0.3, -0.25) is 4.72 Å². The standard InChI is InChI=1S/C12H12BrClN4O2S/c1-7-3-8(13)5-16-11(7)18-21(19,20)9-4-10(14)12(15-2)17-6-9/h3-6H,1-2H3,(H,15,17)(H,16,18). The summed E-state index contributed by atoms with van der Waals surface area (Å²) in [6.07, 6.45) is 2.74. The van der Waals surface area contributed by atoms with Gasteiger partial charge in [0.25, 0.3) is 10.0 Å². The van der Waals surface area contributed by atoms with Crippen molar-refractivity contribution in [1.82, 2.24) is 9.97 Å². The molecule has 6 nitrogen and oxygen atoms in total. The third-order valence-electron chi connectivity index (χ3n) is 2.64. The quantitative estimate of drug-likeness (QED) is 0.837. The smallest absolute Gasteiger partial charge is 0.264 e. The predicted octanol–water partition coefficient (Wildman–Crippen LogP) is 3.04. The summed E-state index contributed by atoms with van der Waals surface area (Å²) >= 11 is 9.22. The first-order valence-electron chi connectivity index (χ1n) is 5.82. The van der Waals surface area contributed by atoms with Crippen LogP contribution in [0.15, 0.2) is 33.9 Å². The minimum absolute atomic E-state index is 0.0318. The summed E-state index contributed by atoms with van der Waals surface area (Å²) in [5.74, 6) is 0.667. The molecule has 112 valence electrons. The third kappa shape index (κ3) is 3.63. The Labute approximate surface area is 136 Å². The van der Waals surface area contributed by atoms with E-state index in [-0.39, 0.29) is 15.7 Å². The lowest BCUT2D eigenvalue weighted by Gasteiger charge is -2.10. The molecule has 0 aromatic carbocycles. The Kier molecular flexibility index (Phi) is 4.70. The van der Waals surface area contributed by atoms with Gasteiger partial charge in [0.1, 0.15) is 16.5 Å². The van der Waals surface area contributed by atoms with Crippen molar-refractivity contribution in [2.24, 2.45) is 0 Å². The molecule has 0 amide bonds. The van der Waals surface area contributed by atoms with Crippen molar-refractivity contribution < 1.29 is 8.42 Å². The Bertz CT molecular complexity index is 783. The maximum Gasteiger partial charge on any atom is 0.264 e. The number of nitrogens with zero attached hydrogens (tertiary/aromatic N) is 2. The second kappa shape index (κ2) is 6.17. The van der Waals surface area contributed by atoms with Crippen LogP contribution in [-0.4, -0.2) is 25.4 Å². The Morgan fingerprint density at radius 1 is 1.19 bits per heavy atom. The summed E-state index contributed by atoms with van der Waals surface area (Å²) in [6.45, 7) is 1.75. The van der Waals surface area contributed by atoms with Crippen LogP contribution >= 0.6 is 27.5 Å². The monoisotopic (exact) mass is 390 g/mol. The van der Waals surface area contributed by atoms with E-state index in [0.29, 0.717) is 11.4 Å². The molecule has 0 fully saturated rings. The van der Waals surface area contributed by atoms with Crippen LogP contribution in [0, 0.1) is 6.92 Å². The highest BCUT2D eigenvalue weighted by Gasteiger charge is 2.18. The van der Waals surface area contributed by atoms with Crippen LogP contribution in [0.25, 0.3) is 0 Å². The first kappa shape index (κ1) is 16.0. The number of aromatic nitrogens is 2. The number of hydrogen-bond donors (Lipinski definition) is 2. The molecule has 0 spiro atoms. The first-order valence-corrected chi connectivity index (χ1v) is 8.47. The van der Waals surface area contributed by atoms with Gasteiger partial charge >= 0.3 is 0 Å². The molecule has 0 aliphatic carbocycles. The number of pyridine rings is 2. The molecule has 2 rings (SSSR count). The number of aryl methyl sites for hydroxylation is 1. The van der Waals surface area contributed by atoms with Crippen molar-refractivity contribution in [1.29, 1.82) is 0 Å². The molecule has 0 radical (unpaired) electrons. The van der Waals surface area contributed by atoms with Gasteiger partial charge in [-0.2, -0.15) is 0 Å².